The molecule has 2 saturated heterocycles. The van der Waals surface area contributed by atoms with E-state index in [9.17, 15) is 13.2 Å². The Morgan fingerprint density at radius 3 is 2.74 bits per heavy atom. The minimum Gasteiger partial charge on any atom is -0.481 e. The third-order valence-corrected chi connectivity index (χ3v) is 5.85. The molecule has 0 bridgehead atoms. The fraction of sp³-hybridized carbons (Fsp3) is 0.909. The summed E-state index contributed by atoms with van der Waals surface area (Å²) in [6, 6.07) is -0.143. The highest BCUT2D eigenvalue weighted by Crippen LogP contribution is 2.23. The van der Waals surface area contributed by atoms with Crippen LogP contribution in [0.3, 0.4) is 0 Å². The monoisotopic (exact) mass is 292 g/mol. The van der Waals surface area contributed by atoms with Gasteiger partial charge in [-0.15, -0.1) is 0 Å². The van der Waals surface area contributed by atoms with Crippen molar-refractivity contribution in [2.24, 2.45) is 5.92 Å². The van der Waals surface area contributed by atoms with Crippen LogP contribution in [0, 0.1) is 5.92 Å². The van der Waals surface area contributed by atoms with Crippen LogP contribution in [0.5, 0.6) is 0 Å². The largest absolute Gasteiger partial charge is 0.481 e. The van der Waals surface area contributed by atoms with Gasteiger partial charge in [-0.1, -0.05) is 0 Å². The number of nitrogens with zero attached hydrogens (tertiary/aromatic N) is 2. The van der Waals surface area contributed by atoms with Crippen molar-refractivity contribution in [3.8, 4) is 0 Å². The van der Waals surface area contributed by atoms with E-state index in [1.54, 1.807) is 7.05 Å². The average Bonchev–Trinajstić information content (AvgIpc) is 2.91. The summed E-state index contributed by atoms with van der Waals surface area (Å²) in [6.45, 7) is 1.44. The van der Waals surface area contributed by atoms with E-state index in [1.165, 1.54) is 8.61 Å². The number of aliphatic carboxylic acids is 1. The number of carbonyl (C=O) groups is 1. The maximum Gasteiger partial charge on any atom is 0.307 e. The van der Waals surface area contributed by atoms with Gasteiger partial charge in [0, 0.05) is 26.7 Å². The van der Waals surface area contributed by atoms with E-state index in [2.05, 4.69) is 0 Å². The first-order valence-electron chi connectivity index (χ1n) is 6.46. The predicted octanol–water partition coefficient (Wildman–Crippen LogP) is -0.251. The number of carboxylic acid groups (broad SMARTS) is 1. The molecule has 2 rings (SSSR count). The number of hydrogen-bond donors (Lipinski definition) is 1. The van der Waals surface area contributed by atoms with Crippen molar-refractivity contribution in [1.29, 1.82) is 0 Å². The zero-order chi connectivity index (χ0) is 14.0. The standard InChI is InChI=1S/C11H20N2O5S/c1-12(10-4-6-18-8-10)19(16,17)13-5-2-3-9(7-13)11(14)15/h9-10H,2-8H2,1H3,(H,14,15). The van der Waals surface area contributed by atoms with Crippen LogP contribution in [0.2, 0.25) is 0 Å². The van der Waals surface area contributed by atoms with Gasteiger partial charge < -0.3 is 9.84 Å². The fourth-order valence-electron chi connectivity index (χ4n) is 2.53. The number of hydrogen-bond acceptors (Lipinski definition) is 4. The van der Waals surface area contributed by atoms with Crippen LogP contribution in [0.4, 0.5) is 0 Å². The van der Waals surface area contributed by atoms with Crippen LogP contribution in [-0.2, 0) is 19.7 Å². The van der Waals surface area contributed by atoms with Crippen molar-refractivity contribution in [3.63, 3.8) is 0 Å². The van der Waals surface area contributed by atoms with Gasteiger partial charge in [-0.3, -0.25) is 4.79 Å². The molecule has 2 aliphatic heterocycles. The van der Waals surface area contributed by atoms with Gasteiger partial charge in [-0.25, -0.2) is 0 Å². The van der Waals surface area contributed by atoms with Crippen LogP contribution in [0.1, 0.15) is 19.3 Å². The normalized spacial score (nSPS) is 29.8. The molecular weight excluding hydrogens is 272 g/mol. The molecule has 0 aromatic heterocycles. The second-order valence-electron chi connectivity index (χ2n) is 5.08. The van der Waals surface area contributed by atoms with E-state index >= 15 is 0 Å². The summed E-state index contributed by atoms with van der Waals surface area (Å²) in [5.41, 5.74) is 0. The lowest BCUT2D eigenvalue weighted by Crippen LogP contribution is -2.50. The smallest absolute Gasteiger partial charge is 0.307 e. The molecular formula is C11H20N2O5S. The molecule has 19 heavy (non-hydrogen) atoms. The van der Waals surface area contributed by atoms with E-state index in [0.717, 1.165) is 0 Å². The highest BCUT2D eigenvalue weighted by Gasteiger charge is 2.37. The average molecular weight is 292 g/mol. The molecule has 2 aliphatic rings. The molecule has 2 fully saturated rings. The van der Waals surface area contributed by atoms with E-state index in [4.69, 9.17) is 9.84 Å². The Labute approximate surface area is 113 Å². The van der Waals surface area contributed by atoms with E-state index in [1.807, 2.05) is 0 Å². The lowest BCUT2D eigenvalue weighted by atomic mass is 10.0. The summed E-state index contributed by atoms with van der Waals surface area (Å²) >= 11 is 0. The lowest BCUT2D eigenvalue weighted by Gasteiger charge is -2.34. The minimum atomic E-state index is -3.59. The Morgan fingerprint density at radius 2 is 2.16 bits per heavy atom. The van der Waals surface area contributed by atoms with Gasteiger partial charge >= 0.3 is 5.97 Å². The summed E-state index contributed by atoms with van der Waals surface area (Å²) in [4.78, 5) is 11.0. The second-order valence-corrected chi connectivity index (χ2v) is 7.06. The fourth-order valence-corrected chi connectivity index (χ4v) is 4.17. The van der Waals surface area contributed by atoms with Gasteiger partial charge in [-0.2, -0.15) is 17.0 Å². The first-order valence-corrected chi connectivity index (χ1v) is 7.86. The molecule has 2 heterocycles. The third-order valence-electron chi connectivity index (χ3n) is 3.84. The molecule has 7 nitrogen and oxygen atoms in total. The topological polar surface area (TPSA) is 87.2 Å². The SMILES string of the molecule is CN(C1CCOC1)S(=O)(=O)N1CCCC(C(=O)O)C1. The molecule has 0 spiro atoms. The molecule has 0 amide bonds. The molecule has 0 aromatic rings. The molecule has 0 aliphatic carbocycles. The maximum absolute atomic E-state index is 12.4. The molecule has 0 aromatic carbocycles. The number of piperidine rings is 1. The van der Waals surface area contributed by atoms with E-state index in [-0.39, 0.29) is 12.6 Å². The van der Waals surface area contributed by atoms with Gasteiger partial charge in [-0.05, 0) is 19.3 Å². The van der Waals surface area contributed by atoms with Gasteiger partial charge in [0.2, 0.25) is 0 Å². The van der Waals surface area contributed by atoms with Gasteiger partial charge in [0.05, 0.1) is 18.6 Å². The molecule has 2 atom stereocenters. The van der Waals surface area contributed by atoms with Crippen molar-refractivity contribution in [1.82, 2.24) is 8.61 Å². The van der Waals surface area contributed by atoms with Crippen LogP contribution < -0.4 is 0 Å². The summed E-state index contributed by atoms with van der Waals surface area (Å²) in [6.07, 6.45) is 1.81. The summed E-state index contributed by atoms with van der Waals surface area (Å²) in [5, 5.41) is 9.02. The number of rotatable bonds is 4. The van der Waals surface area contributed by atoms with Crippen LogP contribution >= 0.6 is 0 Å². The molecule has 0 radical (unpaired) electrons. The first-order chi connectivity index (χ1) is 8.93. The Balaban J connectivity index is 2.07. The van der Waals surface area contributed by atoms with Crippen LogP contribution in [0.25, 0.3) is 0 Å². The van der Waals surface area contributed by atoms with Crippen molar-refractivity contribution >= 4 is 16.2 Å². The van der Waals surface area contributed by atoms with Gasteiger partial charge in [0.15, 0.2) is 0 Å². The molecule has 2 unspecified atom stereocenters. The van der Waals surface area contributed by atoms with E-state index in [0.29, 0.717) is 39.0 Å². The number of ether oxygens (including phenoxy) is 1. The van der Waals surface area contributed by atoms with Crippen molar-refractivity contribution in [2.75, 3.05) is 33.4 Å². The highest BCUT2D eigenvalue weighted by atomic mass is 32.2. The van der Waals surface area contributed by atoms with Crippen molar-refractivity contribution in [3.05, 3.63) is 0 Å². The quantitative estimate of drug-likeness (QED) is 0.772. The summed E-state index contributed by atoms with van der Waals surface area (Å²) in [5.74, 6) is -1.52. The minimum absolute atomic E-state index is 0.0651. The van der Waals surface area contributed by atoms with Crippen LogP contribution in [0.15, 0.2) is 0 Å². The molecule has 1 N–H and O–H groups in total. The lowest BCUT2D eigenvalue weighted by molar-refractivity contribution is -0.142. The molecule has 110 valence electrons. The Kier molecular flexibility index (Phi) is 4.44. The summed E-state index contributed by atoms with van der Waals surface area (Å²) in [7, 11) is -2.05. The van der Waals surface area contributed by atoms with Crippen LogP contribution in [-0.4, -0.2) is 67.5 Å². The zero-order valence-electron chi connectivity index (χ0n) is 11.0. The Morgan fingerprint density at radius 1 is 1.42 bits per heavy atom. The maximum atomic E-state index is 12.4. The van der Waals surface area contributed by atoms with Gasteiger partial charge in [0.25, 0.3) is 10.2 Å². The molecule has 0 saturated carbocycles. The van der Waals surface area contributed by atoms with Crippen molar-refractivity contribution in [2.45, 2.75) is 25.3 Å². The van der Waals surface area contributed by atoms with E-state index < -0.39 is 22.1 Å². The Bertz CT molecular complexity index is 432. The van der Waals surface area contributed by atoms with Gasteiger partial charge in [0.1, 0.15) is 0 Å². The Hall–Kier alpha value is -0.700. The number of carboxylic acids is 1. The van der Waals surface area contributed by atoms with Crippen molar-refractivity contribution < 1.29 is 23.1 Å². The third kappa shape index (κ3) is 3.07. The highest BCUT2D eigenvalue weighted by molar-refractivity contribution is 7.86. The summed E-state index contributed by atoms with van der Waals surface area (Å²) < 4.78 is 32.7. The predicted molar refractivity (Wildman–Crippen MR) is 67.8 cm³/mol. The second kappa shape index (κ2) is 5.74. The molecule has 8 heteroatoms. The number of likely N-dealkylation sites (N-methyl/N-ethyl adjacent to an activating group) is 1. The zero-order valence-corrected chi connectivity index (χ0v) is 11.8. The first kappa shape index (κ1) is 14.7.